The number of nitrogens with zero attached hydrogens (tertiary/aromatic N) is 3. The van der Waals surface area contributed by atoms with Crippen molar-refractivity contribution >= 4 is 46.1 Å². The van der Waals surface area contributed by atoms with Crippen LogP contribution in [0.3, 0.4) is 0 Å². The van der Waals surface area contributed by atoms with Gasteiger partial charge in [-0.25, -0.2) is 9.97 Å². The highest BCUT2D eigenvalue weighted by molar-refractivity contribution is 7.19. The van der Waals surface area contributed by atoms with Gasteiger partial charge in [0.2, 0.25) is 0 Å². The van der Waals surface area contributed by atoms with Crippen LogP contribution >= 0.6 is 23.7 Å². The molecular weight excluding hydrogens is 378 g/mol. The molecule has 0 fully saturated rings. The number of aromatic nitrogens is 3. The lowest BCUT2D eigenvalue weighted by Crippen LogP contribution is -2.02. The van der Waals surface area contributed by atoms with E-state index in [1.807, 2.05) is 42.9 Å². The molecule has 0 saturated heterocycles. The second-order valence-corrected chi connectivity index (χ2v) is 6.99. The summed E-state index contributed by atoms with van der Waals surface area (Å²) >= 11 is 1.70. The highest BCUT2D eigenvalue weighted by Gasteiger charge is 2.00. The van der Waals surface area contributed by atoms with Crippen LogP contribution in [0.2, 0.25) is 0 Å². The van der Waals surface area contributed by atoms with E-state index in [1.54, 1.807) is 17.5 Å². The van der Waals surface area contributed by atoms with Crippen molar-refractivity contribution in [3.63, 3.8) is 0 Å². The van der Waals surface area contributed by atoms with E-state index in [0.717, 1.165) is 34.8 Å². The molecule has 27 heavy (non-hydrogen) atoms. The van der Waals surface area contributed by atoms with Crippen molar-refractivity contribution in [2.45, 2.75) is 13.0 Å². The van der Waals surface area contributed by atoms with Gasteiger partial charge in [-0.2, -0.15) is 0 Å². The summed E-state index contributed by atoms with van der Waals surface area (Å²) in [5, 5.41) is 1.02. The maximum absolute atomic E-state index is 5.79. The van der Waals surface area contributed by atoms with Gasteiger partial charge in [0.1, 0.15) is 10.8 Å². The fraction of sp³-hybridized carbons (Fsp3) is 0.143. The van der Waals surface area contributed by atoms with Crippen LogP contribution in [0.5, 0.6) is 5.75 Å². The Morgan fingerprint density at radius 3 is 2.67 bits per heavy atom. The second kappa shape index (κ2) is 9.35. The molecule has 0 amide bonds. The Kier molecular flexibility index (Phi) is 6.63. The molecule has 0 N–H and O–H groups in total. The van der Waals surface area contributed by atoms with Crippen LogP contribution in [0.25, 0.3) is 22.4 Å². The number of aryl methyl sites for hydroxylation is 1. The van der Waals surface area contributed by atoms with Crippen LogP contribution in [0.4, 0.5) is 0 Å². The molecule has 138 valence electrons. The molecule has 0 atom stereocenters. The number of hydrogen-bond donors (Lipinski definition) is 0. The molecule has 0 saturated carbocycles. The van der Waals surface area contributed by atoms with Gasteiger partial charge in [0.25, 0.3) is 0 Å². The molecule has 2 aromatic heterocycles. The number of halogens is 1. The standard InChI is InChI=1S/C21H19N3OS.ClH/c1-2-5-20-19(4-1)23-21(26-20)11-8-17-6-9-18(10-7-17)25-15-3-13-24-14-12-22-16-24;/h1-2,4-12,14,16H,3,13,15H2;1H/b11-8+;. The van der Waals surface area contributed by atoms with Gasteiger partial charge in [-0.05, 0) is 42.3 Å². The monoisotopic (exact) mass is 397 g/mol. The summed E-state index contributed by atoms with van der Waals surface area (Å²) in [6.45, 7) is 1.61. The maximum atomic E-state index is 5.79. The molecule has 0 bridgehead atoms. The SMILES string of the molecule is C(=C\c1nc2ccccc2s1)/c1ccc(OCCCn2ccnc2)cc1.Cl. The number of ether oxygens (including phenoxy) is 1. The molecule has 0 radical (unpaired) electrons. The van der Waals surface area contributed by atoms with E-state index >= 15 is 0 Å². The van der Waals surface area contributed by atoms with Gasteiger partial charge >= 0.3 is 0 Å². The summed E-state index contributed by atoms with van der Waals surface area (Å²) in [6, 6.07) is 16.4. The Labute approximate surface area is 168 Å². The van der Waals surface area contributed by atoms with Crippen LogP contribution in [-0.4, -0.2) is 21.1 Å². The summed E-state index contributed by atoms with van der Waals surface area (Å²) < 4.78 is 9.06. The van der Waals surface area contributed by atoms with E-state index < -0.39 is 0 Å². The van der Waals surface area contributed by atoms with Crippen molar-refractivity contribution in [3.8, 4) is 5.75 Å². The Morgan fingerprint density at radius 2 is 1.89 bits per heavy atom. The van der Waals surface area contributed by atoms with Crippen LogP contribution in [0.15, 0.2) is 67.3 Å². The topological polar surface area (TPSA) is 39.9 Å². The van der Waals surface area contributed by atoms with E-state index in [2.05, 4.69) is 44.9 Å². The maximum Gasteiger partial charge on any atom is 0.119 e. The van der Waals surface area contributed by atoms with Gasteiger partial charge < -0.3 is 9.30 Å². The van der Waals surface area contributed by atoms with Crippen molar-refractivity contribution in [1.29, 1.82) is 0 Å². The average molecular weight is 398 g/mol. The van der Waals surface area contributed by atoms with Crippen molar-refractivity contribution in [3.05, 3.63) is 77.8 Å². The van der Waals surface area contributed by atoms with E-state index in [4.69, 9.17) is 4.74 Å². The van der Waals surface area contributed by atoms with Crippen LogP contribution in [0.1, 0.15) is 17.0 Å². The minimum absolute atomic E-state index is 0. The minimum Gasteiger partial charge on any atom is -0.494 e. The fourth-order valence-electron chi connectivity index (χ4n) is 2.66. The van der Waals surface area contributed by atoms with Gasteiger partial charge in [0.15, 0.2) is 0 Å². The van der Waals surface area contributed by atoms with Gasteiger partial charge in [0.05, 0.1) is 23.2 Å². The number of thiazole rings is 1. The number of fused-ring (bicyclic) bond motifs is 1. The lowest BCUT2D eigenvalue weighted by molar-refractivity contribution is 0.302. The summed E-state index contributed by atoms with van der Waals surface area (Å²) in [6.07, 6.45) is 10.7. The van der Waals surface area contributed by atoms with Crippen molar-refractivity contribution < 1.29 is 4.74 Å². The zero-order valence-electron chi connectivity index (χ0n) is 14.7. The van der Waals surface area contributed by atoms with Crippen molar-refractivity contribution in [2.24, 2.45) is 0 Å². The van der Waals surface area contributed by atoms with E-state index in [1.165, 1.54) is 4.70 Å². The first-order valence-corrected chi connectivity index (χ1v) is 9.41. The van der Waals surface area contributed by atoms with Gasteiger partial charge in [-0.15, -0.1) is 23.7 Å². The predicted molar refractivity (Wildman–Crippen MR) is 115 cm³/mol. The summed E-state index contributed by atoms with van der Waals surface area (Å²) in [7, 11) is 0. The molecule has 0 aliphatic carbocycles. The number of para-hydroxylation sites is 1. The van der Waals surface area contributed by atoms with Gasteiger partial charge in [-0.1, -0.05) is 30.3 Å². The van der Waals surface area contributed by atoms with Crippen molar-refractivity contribution in [2.75, 3.05) is 6.61 Å². The normalized spacial score (nSPS) is 11.0. The van der Waals surface area contributed by atoms with E-state index in [0.29, 0.717) is 6.61 Å². The molecule has 4 nitrogen and oxygen atoms in total. The molecule has 4 aromatic rings. The Morgan fingerprint density at radius 1 is 1.04 bits per heavy atom. The van der Waals surface area contributed by atoms with Crippen LogP contribution in [-0.2, 0) is 6.54 Å². The summed E-state index contributed by atoms with van der Waals surface area (Å²) in [5.74, 6) is 0.896. The molecular formula is C21H20ClN3OS. The number of hydrogen-bond acceptors (Lipinski definition) is 4. The first kappa shape index (κ1) is 19.1. The lowest BCUT2D eigenvalue weighted by Gasteiger charge is -2.06. The number of rotatable bonds is 7. The molecule has 4 rings (SSSR count). The highest BCUT2D eigenvalue weighted by atomic mass is 35.5. The Bertz CT molecular complexity index is 961. The molecule has 2 heterocycles. The smallest absolute Gasteiger partial charge is 0.119 e. The van der Waals surface area contributed by atoms with Crippen LogP contribution in [0, 0.1) is 0 Å². The fourth-order valence-corrected chi connectivity index (χ4v) is 3.53. The zero-order chi connectivity index (χ0) is 17.6. The third kappa shape index (κ3) is 5.18. The Hall–Kier alpha value is -2.63. The van der Waals surface area contributed by atoms with Gasteiger partial charge in [-0.3, -0.25) is 0 Å². The van der Waals surface area contributed by atoms with E-state index in [-0.39, 0.29) is 12.4 Å². The van der Waals surface area contributed by atoms with Gasteiger partial charge in [0, 0.05) is 18.9 Å². The largest absolute Gasteiger partial charge is 0.494 e. The molecule has 2 aromatic carbocycles. The first-order chi connectivity index (χ1) is 12.9. The summed E-state index contributed by atoms with van der Waals surface area (Å²) in [5.41, 5.74) is 2.19. The number of imidazole rings is 1. The third-order valence-electron chi connectivity index (χ3n) is 4.00. The zero-order valence-corrected chi connectivity index (χ0v) is 16.3. The van der Waals surface area contributed by atoms with Crippen LogP contribution < -0.4 is 4.74 Å². The average Bonchev–Trinajstić information content (AvgIpc) is 3.33. The molecule has 0 aliphatic rings. The molecule has 0 unspecified atom stereocenters. The third-order valence-corrected chi connectivity index (χ3v) is 5.00. The lowest BCUT2D eigenvalue weighted by atomic mass is 10.2. The Balaban J connectivity index is 0.00000210. The molecule has 6 heteroatoms. The quantitative estimate of drug-likeness (QED) is 0.383. The molecule has 0 spiro atoms. The first-order valence-electron chi connectivity index (χ1n) is 8.59. The second-order valence-electron chi connectivity index (χ2n) is 5.92. The van der Waals surface area contributed by atoms with Crippen molar-refractivity contribution in [1.82, 2.24) is 14.5 Å². The minimum atomic E-state index is 0. The number of benzene rings is 2. The predicted octanol–water partition coefficient (Wildman–Crippen LogP) is 5.55. The highest BCUT2D eigenvalue weighted by Crippen LogP contribution is 2.23. The van der Waals surface area contributed by atoms with E-state index in [9.17, 15) is 0 Å². The molecule has 0 aliphatic heterocycles. The summed E-state index contributed by atoms with van der Waals surface area (Å²) in [4.78, 5) is 8.65.